The zero-order chi connectivity index (χ0) is 60.6. The smallest absolute Gasteiger partial charge is 0.347 e. The lowest BCUT2D eigenvalue weighted by molar-refractivity contribution is -0.169. The molecule has 0 bridgehead atoms. The predicted octanol–water partition coefficient (Wildman–Crippen LogP) is -5.28. The molecule has 0 heterocycles. The maximum atomic E-state index is 14.3. The molecule has 28 N–H and O–H groups in total. The van der Waals surface area contributed by atoms with Crippen LogP contribution in [0.25, 0.3) is 0 Å². The minimum atomic E-state index is -1.33. The molecule has 0 aliphatic heterocycles. The number of carbonyl (C=O) groups excluding carboxylic acids is 9. The number of nitrogens with two attached hydrogens (primary N) is 10. The number of nitrogens with one attached hydrogen (secondary N) is 8. The van der Waals surface area contributed by atoms with E-state index in [0.717, 1.165) is 0 Å². The summed E-state index contributed by atoms with van der Waals surface area (Å²) in [6.07, 6.45) is 7.64. The largest absolute Gasteiger partial charge is 0.368 e. The van der Waals surface area contributed by atoms with Crippen molar-refractivity contribution in [3.63, 3.8) is 0 Å². The van der Waals surface area contributed by atoms with Crippen LogP contribution in [-0.2, 0) is 62.5 Å². The van der Waals surface area contributed by atoms with Gasteiger partial charge in [0, 0.05) is 0 Å². The summed E-state index contributed by atoms with van der Waals surface area (Å²) < 4.78 is 0. The van der Waals surface area contributed by atoms with Gasteiger partial charge in [0.25, 0.3) is 0 Å². The molecular weight excluding hydrogens is 1060 g/mol. The van der Waals surface area contributed by atoms with Crippen molar-refractivity contribution in [1.29, 1.82) is 0 Å². The Labute approximate surface area is 476 Å². The third-order valence-electron chi connectivity index (χ3n) is 12.6. The molecule has 9 atom stereocenters. The van der Waals surface area contributed by atoms with Crippen LogP contribution in [0, 0.1) is 0 Å². The second-order valence-corrected chi connectivity index (χ2v) is 19.6. The van der Waals surface area contributed by atoms with E-state index in [1.165, 1.54) is 0 Å². The number of hydroxylamine groups is 4. The molecular formula is C50H102N18O13. The van der Waals surface area contributed by atoms with E-state index in [1.54, 1.807) is 0 Å². The molecule has 31 heteroatoms. The van der Waals surface area contributed by atoms with Gasteiger partial charge in [-0.25, -0.2) is 19.2 Å². The van der Waals surface area contributed by atoms with Gasteiger partial charge in [-0.3, -0.25) is 19.2 Å². The third kappa shape index (κ3) is 35.5. The molecule has 0 aromatic heterocycles. The Morgan fingerprint density at radius 2 is 0.556 bits per heavy atom. The van der Waals surface area contributed by atoms with Gasteiger partial charge in [0.2, 0.25) is 23.6 Å². The summed E-state index contributed by atoms with van der Waals surface area (Å²) in [4.78, 5) is 142. The molecule has 0 aromatic carbocycles. The van der Waals surface area contributed by atoms with Crippen LogP contribution in [0.1, 0.15) is 148 Å². The Balaban J connectivity index is 6.58. The average molecular weight is 1160 g/mol. The Morgan fingerprint density at radius 1 is 0.296 bits per heavy atom. The van der Waals surface area contributed by atoms with Crippen molar-refractivity contribution in [2.45, 2.75) is 202 Å². The van der Waals surface area contributed by atoms with E-state index in [0.29, 0.717) is 116 Å². The van der Waals surface area contributed by atoms with Gasteiger partial charge in [-0.2, -0.15) is 0 Å². The first-order chi connectivity index (χ1) is 39.0. The van der Waals surface area contributed by atoms with Crippen molar-refractivity contribution in [2.75, 3.05) is 58.9 Å². The van der Waals surface area contributed by atoms with E-state index in [-0.39, 0.29) is 97.1 Å². The number of rotatable bonds is 53. The zero-order valence-corrected chi connectivity index (χ0v) is 47.5. The van der Waals surface area contributed by atoms with Gasteiger partial charge in [0.05, 0.1) is 6.04 Å². The quantitative estimate of drug-likeness (QED) is 0.0117. The Hall–Kier alpha value is -5.13. The Bertz CT molecular complexity index is 1770. The molecule has 4 unspecified atom stereocenters. The molecule has 0 rings (SSSR count). The van der Waals surface area contributed by atoms with Gasteiger partial charge in [-0.1, -0.05) is 6.42 Å². The maximum Gasteiger partial charge on any atom is 0.347 e. The highest BCUT2D eigenvalue weighted by Crippen LogP contribution is 2.12. The van der Waals surface area contributed by atoms with Gasteiger partial charge in [-0.05, 0) is 200 Å². The summed E-state index contributed by atoms with van der Waals surface area (Å²) in [5, 5.41) is 10.9. The van der Waals surface area contributed by atoms with Gasteiger partial charge < -0.3 is 103 Å². The van der Waals surface area contributed by atoms with Crippen LogP contribution in [-0.4, -0.2) is 167 Å². The van der Waals surface area contributed by atoms with E-state index in [4.69, 9.17) is 76.7 Å². The highest BCUT2D eigenvalue weighted by molar-refractivity contribution is 5.95. The molecule has 4 amide bonds. The number of hydrogen-bond acceptors (Lipinski definition) is 27. The Morgan fingerprint density at radius 3 is 0.926 bits per heavy atom. The molecule has 0 aromatic rings. The van der Waals surface area contributed by atoms with Crippen molar-refractivity contribution < 1.29 is 62.5 Å². The van der Waals surface area contributed by atoms with Crippen molar-refractivity contribution >= 4 is 53.8 Å². The molecule has 0 spiro atoms. The fourth-order valence-corrected chi connectivity index (χ4v) is 7.70. The third-order valence-corrected chi connectivity index (χ3v) is 12.6. The van der Waals surface area contributed by atoms with Crippen LogP contribution in [0.2, 0.25) is 0 Å². The first-order valence-corrected chi connectivity index (χ1v) is 28.6. The van der Waals surface area contributed by atoms with Gasteiger partial charge >= 0.3 is 23.9 Å². The normalized spacial score (nSPS) is 14.6. The van der Waals surface area contributed by atoms with Gasteiger partial charge in [0.1, 0.15) is 54.6 Å². The summed E-state index contributed by atoms with van der Waals surface area (Å²) in [5.74, 6) is -6.70. The highest BCUT2D eigenvalue weighted by Gasteiger charge is 2.34. The summed E-state index contributed by atoms with van der Waals surface area (Å²) in [5.41, 5.74) is 66.9. The minimum Gasteiger partial charge on any atom is -0.368 e. The Kier molecular flexibility index (Phi) is 46.3. The monoisotopic (exact) mass is 1160 g/mol. The number of unbranched alkanes of at least 4 members (excludes halogenated alkanes) is 5. The number of aldehydes is 1. The highest BCUT2D eigenvalue weighted by atomic mass is 16.7. The molecule has 0 radical (unpaired) electrons. The van der Waals surface area contributed by atoms with Crippen molar-refractivity contribution in [1.82, 2.24) is 43.2 Å². The van der Waals surface area contributed by atoms with Gasteiger partial charge in [0.15, 0.2) is 0 Å². The average Bonchev–Trinajstić information content (AvgIpc) is 3.46. The molecule has 0 aliphatic rings. The molecule has 81 heavy (non-hydrogen) atoms. The lowest BCUT2D eigenvalue weighted by atomic mass is 10.0. The van der Waals surface area contributed by atoms with E-state index >= 15 is 0 Å². The predicted molar refractivity (Wildman–Crippen MR) is 302 cm³/mol. The van der Waals surface area contributed by atoms with Crippen molar-refractivity contribution in [2.24, 2.45) is 57.3 Å². The fraction of sp³-hybridized carbons (Fsp3) is 0.820. The van der Waals surface area contributed by atoms with E-state index in [1.807, 2.05) is 0 Å². The van der Waals surface area contributed by atoms with Crippen LogP contribution in [0.3, 0.4) is 0 Å². The zero-order valence-electron chi connectivity index (χ0n) is 47.5. The summed E-state index contributed by atoms with van der Waals surface area (Å²) in [6.45, 7) is 2.33. The number of hydrogen-bond donors (Lipinski definition) is 18. The SMILES string of the molecule is NCCCC[C@@H](C=O)NOC(=O)C(CCCN)NOC(=O)C(CCCN)NC(=O)[C@H](CCCCN)NC(=O)[C@H](CCCCN)NC(=O)[C@H](CCCCN)NC(=O)[C@H](CCCCN)NOC(=O)C(CCCN)NOC(=O)C(N)CCCN. The molecule has 0 aliphatic carbocycles. The van der Waals surface area contributed by atoms with Crippen molar-refractivity contribution in [3.8, 4) is 0 Å². The lowest BCUT2D eigenvalue weighted by Gasteiger charge is -2.27. The van der Waals surface area contributed by atoms with Crippen LogP contribution in [0.5, 0.6) is 0 Å². The summed E-state index contributed by atoms with van der Waals surface area (Å²) >= 11 is 0. The first kappa shape index (κ1) is 75.9. The molecule has 31 nitrogen and oxygen atoms in total. The standard InChI is InChI=1S/C50H102N18O13/c51-24-6-1-15-34(33-69)65-79-49(76)41(22-13-31-58)68-80-48(75)40(21-12-30-57)64-45(72)38(19-4-9-27-54)62-43(70)36(17-2-7-25-52)61-44(71)37(18-3-8-26-53)63-46(73)39(20-5-10-28-55)66-81-50(77)42(23-14-32-59)67-78-47(74)35(60)16-11-29-56/h33-42,65-68H,1-32,51-60H2,(H,61,71)(H,62,70)(H,63,73)(H,64,72)/t34-,35?,36-,37-,38-,39-,40?,41?,42?/m0/s1. The fourth-order valence-electron chi connectivity index (χ4n) is 7.70. The molecule has 0 saturated carbocycles. The summed E-state index contributed by atoms with van der Waals surface area (Å²) in [7, 11) is 0. The number of amides is 4. The van der Waals surface area contributed by atoms with E-state index in [2.05, 4.69) is 43.2 Å². The second-order valence-electron chi connectivity index (χ2n) is 19.6. The topological polar surface area (TPSA) is 547 Å². The van der Waals surface area contributed by atoms with Gasteiger partial charge in [-0.15, -0.1) is 21.9 Å². The van der Waals surface area contributed by atoms with E-state index in [9.17, 15) is 43.2 Å². The van der Waals surface area contributed by atoms with Crippen LogP contribution < -0.4 is 101 Å². The first-order valence-electron chi connectivity index (χ1n) is 28.6. The van der Waals surface area contributed by atoms with Crippen LogP contribution >= 0.6 is 0 Å². The lowest BCUT2D eigenvalue weighted by Crippen LogP contribution is -2.59. The molecule has 470 valence electrons. The minimum absolute atomic E-state index is 0.00807. The van der Waals surface area contributed by atoms with E-state index < -0.39 is 102 Å². The summed E-state index contributed by atoms with van der Waals surface area (Å²) in [6, 6.07) is -10.6. The molecule has 0 saturated heterocycles. The molecule has 0 fully saturated rings. The van der Waals surface area contributed by atoms with Crippen molar-refractivity contribution in [3.05, 3.63) is 0 Å². The number of carbonyl (C=O) groups is 9. The maximum absolute atomic E-state index is 14.3. The second kappa shape index (κ2) is 49.5. The van der Waals surface area contributed by atoms with Crippen LogP contribution in [0.4, 0.5) is 0 Å². The van der Waals surface area contributed by atoms with Crippen LogP contribution in [0.15, 0.2) is 0 Å².